The zero-order valence-corrected chi connectivity index (χ0v) is 16.9. The van der Waals surface area contributed by atoms with Crippen LogP contribution in [0.15, 0.2) is 54.6 Å². The maximum atomic E-state index is 12.2. The minimum Gasteiger partial charge on any atom is -0.441 e. The van der Waals surface area contributed by atoms with Crippen LogP contribution in [0.3, 0.4) is 0 Å². The molecule has 9 heteroatoms. The molecule has 3 amide bonds. The third-order valence-corrected chi connectivity index (χ3v) is 5.15. The fourth-order valence-electron chi connectivity index (χ4n) is 3.62. The molecule has 2 fully saturated rings. The normalized spacial score (nSPS) is 24.2. The lowest BCUT2D eigenvalue weighted by molar-refractivity contribution is 0.00873. The molecule has 2 aromatic rings. The summed E-state index contributed by atoms with van der Waals surface area (Å²) < 4.78 is 16.9. The summed E-state index contributed by atoms with van der Waals surface area (Å²) in [5.74, 6) is -0.0535. The van der Waals surface area contributed by atoms with Gasteiger partial charge in [0.25, 0.3) is 0 Å². The highest BCUT2D eigenvalue weighted by atomic mass is 16.6. The van der Waals surface area contributed by atoms with E-state index in [9.17, 15) is 14.4 Å². The number of ketones is 1. The summed E-state index contributed by atoms with van der Waals surface area (Å²) in [4.78, 5) is 35.8. The first-order valence-corrected chi connectivity index (χ1v) is 9.94. The number of para-hydroxylation sites is 1. The topological polar surface area (TPSA) is 115 Å². The largest absolute Gasteiger partial charge is 0.441 e. The van der Waals surface area contributed by atoms with Crippen LogP contribution in [0.4, 0.5) is 21.0 Å². The molecule has 162 valence electrons. The number of anilines is 2. The third-order valence-electron chi connectivity index (χ3n) is 5.15. The van der Waals surface area contributed by atoms with Crippen molar-refractivity contribution in [1.82, 2.24) is 5.32 Å². The molecule has 0 radical (unpaired) electrons. The summed E-state index contributed by atoms with van der Waals surface area (Å²) in [6, 6.07) is 14.9. The standard InChI is InChI=1S/C22H23N3O6/c1-13(26)14-7-9-16(10-8-14)24-22(28)31-18-12-30-19-17(11-29-20(18)19)25-21(27)23-15-5-3-2-4-6-15/h2-10,17-20H,11-12H2,1H3,(H,24,28)(H2,23,25,27). The molecule has 4 unspecified atom stereocenters. The summed E-state index contributed by atoms with van der Waals surface area (Å²) in [5, 5.41) is 8.22. The van der Waals surface area contributed by atoms with E-state index in [4.69, 9.17) is 14.2 Å². The zero-order valence-electron chi connectivity index (χ0n) is 16.9. The molecule has 2 aliphatic rings. The zero-order chi connectivity index (χ0) is 21.8. The van der Waals surface area contributed by atoms with Crippen molar-refractivity contribution in [1.29, 1.82) is 0 Å². The number of hydrogen-bond acceptors (Lipinski definition) is 6. The number of carbonyl (C=O) groups is 3. The van der Waals surface area contributed by atoms with Gasteiger partial charge in [-0.15, -0.1) is 0 Å². The maximum Gasteiger partial charge on any atom is 0.412 e. The summed E-state index contributed by atoms with van der Waals surface area (Å²) in [6.07, 6.45) is -2.11. The van der Waals surface area contributed by atoms with Gasteiger partial charge in [-0.05, 0) is 43.3 Å². The lowest BCUT2D eigenvalue weighted by Crippen LogP contribution is -2.46. The number of fused-ring (bicyclic) bond motifs is 1. The number of amides is 3. The second-order valence-corrected chi connectivity index (χ2v) is 7.37. The van der Waals surface area contributed by atoms with Crippen LogP contribution in [-0.4, -0.2) is 55.5 Å². The third kappa shape index (κ3) is 5.01. The Morgan fingerprint density at radius 3 is 2.26 bits per heavy atom. The van der Waals surface area contributed by atoms with Gasteiger partial charge in [0.05, 0.1) is 19.3 Å². The number of ether oxygens (including phenoxy) is 3. The summed E-state index contributed by atoms with van der Waals surface area (Å²) >= 11 is 0. The number of nitrogens with one attached hydrogen (secondary N) is 3. The van der Waals surface area contributed by atoms with Crippen molar-refractivity contribution in [2.24, 2.45) is 0 Å². The van der Waals surface area contributed by atoms with Gasteiger partial charge in [0, 0.05) is 16.9 Å². The van der Waals surface area contributed by atoms with Crippen LogP contribution in [-0.2, 0) is 14.2 Å². The van der Waals surface area contributed by atoms with Gasteiger partial charge in [0.1, 0.15) is 12.2 Å². The fraction of sp³-hybridized carbons (Fsp3) is 0.318. The van der Waals surface area contributed by atoms with Crippen molar-refractivity contribution < 1.29 is 28.6 Å². The Kier molecular flexibility index (Phi) is 6.15. The van der Waals surface area contributed by atoms with Gasteiger partial charge in [-0.2, -0.15) is 0 Å². The van der Waals surface area contributed by atoms with Gasteiger partial charge in [-0.25, -0.2) is 9.59 Å². The van der Waals surface area contributed by atoms with Crippen LogP contribution < -0.4 is 16.0 Å². The molecule has 0 aliphatic carbocycles. The number of carbonyl (C=O) groups excluding carboxylic acids is 3. The molecular formula is C22H23N3O6. The Hall–Kier alpha value is -3.43. The number of Topliss-reactive ketones (excluding diaryl/α,β-unsaturated/α-hetero) is 1. The average molecular weight is 425 g/mol. The molecule has 0 saturated carbocycles. The Bertz CT molecular complexity index is 949. The predicted molar refractivity (Wildman–Crippen MR) is 112 cm³/mol. The van der Waals surface area contributed by atoms with Crippen LogP contribution in [0.5, 0.6) is 0 Å². The van der Waals surface area contributed by atoms with Crippen molar-refractivity contribution in [2.45, 2.75) is 31.3 Å². The van der Waals surface area contributed by atoms with Crippen molar-refractivity contribution >= 4 is 29.3 Å². The first kappa shape index (κ1) is 20.8. The van der Waals surface area contributed by atoms with E-state index >= 15 is 0 Å². The Morgan fingerprint density at radius 1 is 0.871 bits per heavy atom. The molecule has 4 atom stereocenters. The minimum atomic E-state index is -0.647. The highest BCUT2D eigenvalue weighted by Gasteiger charge is 2.50. The number of urea groups is 1. The first-order chi connectivity index (χ1) is 15.0. The lowest BCUT2D eigenvalue weighted by atomic mass is 10.1. The van der Waals surface area contributed by atoms with Gasteiger partial charge in [0.2, 0.25) is 0 Å². The average Bonchev–Trinajstić information content (AvgIpc) is 3.32. The van der Waals surface area contributed by atoms with Gasteiger partial charge < -0.3 is 24.8 Å². The summed E-state index contributed by atoms with van der Waals surface area (Å²) in [5.41, 5.74) is 1.74. The molecule has 4 rings (SSSR count). The Labute approximate surface area is 179 Å². The monoisotopic (exact) mass is 425 g/mol. The number of benzene rings is 2. The molecule has 31 heavy (non-hydrogen) atoms. The Balaban J connectivity index is 1.27. The van der Waals surface area contributed by atoms with Gasteiger partial charge in [-0.3, -0.25) is 10.1 Å². The van der Waals surface area contributed by atoms with E-state index in [1.165, 1.54) is 6.92 Å². The highest BCUT2D eigenvalue weighted by molar-refractivity contribution is 5.95. The fourth-order valence-corrected chi connectivity index (χ4v) is 3.62. The van der Waals surface area contributed by atoms with Crippen molar-refractivity contribution in [3.63, 3.8) is 0 Å². The molecule has 0 aromatic heterocycles. The molecule has 0 spiro atoms. The quantitative estimate of drug-likeness (QED) is 0.635. The maximum absolute atomic E-state index is 12.2. The second kappa shape index (κ2) is 9.15. The first-order valence-electron chi connectivity index (χ1n) is 9.94. The van der Waals surface area contributed by atoms with Crippen LogP contribution >= 0.6 is 0 Å². The molecular weight excluding hydrogens is 402 g/mol. The molecule has 2 aliphatic heterocycles. The molecule has 2 saturated heterocycles. The van der Waals surface area contributed by atoms with Gasteiger partial charge >= 0.3 is 12.1 Å². The highest BCUT2D eigenvalue weighted by Crippen LogP contribution is 2.29. The summed E-state index contributed by atoms with van der Waals surface area (Å²) in [6.45, 7) is 1.90. The van der Waals surface area contributed by atoms with E-state index < -0.39 is 24.4 Å². The molecule has 2 heterocycles. The smallest absolute Gasteiger partial charge is 0.412 e. The molecule has 2 aromatic carbocycles. The van der Waals surface area contributed by atoms with E-state index in [0.29, 0.717) is 16.9 Å². The second-order valence-electron chi connectivity index (χ2n) is 7.37. The summed E-state index contributed by atoms with van der Waals surface area (Å²) in [7, 11) is 0. The van der Waals surface area contributed by atoms with E-state index in [0.717, 1.165) is 0 Å². The van der Waals surface area contributed by atoms with Crippen molar-refractivity contribution in [3.8, 4) is 0 Å². The predicted octanol–water partition coefficient (Wildman–Crippen LogP) is 2.79. The number of hydrogen-bond donors (Lipinski definition) is 3. The van der Waals surface area contributed by atoms with Crippen LogP contribution in [0.1, 0.15) is 17.3 Å². The number of rotatable bonds is 5. The molecule has 9 nitrogen and oxygen atoms in total. The minimum absolute atomic E-state index is 0.0535. The van der Waals surface area contributed by atoms with E-state index in [1.54, 1.807) is 36.4 Å². The Morgan fingerprint density at radius 2 is 1.55 bits per heavy atom. The van der Waals surface area contributed by atoms with E-state index in [2.05, 4.69) is 16.0 Å². The van der Waals surface area contributed by atoms with Gasteiger partial charge in [-0.1, -0.05) is 18.2 Å². The SMILES string of the molecule is CC(=O)c1ccc(NC(=O)OC2COC3C(NC(=O)Nc4ccccc4)COC23)cc1. The molecule has 3 N–H and O–H groups in total. The van der Waals surface area contributed by atoms with Crippen LogP contribution in [0.2, 0.25) is 0 Å². The van der Waals surface area contributed by atoms with Gasteiger partial charge in [0.15, 0.2) is 11.9 Å². The van der Waals surface area contributed by atoms with Crippen molar-refractivity contribution in [3.05, 3.63) is 60.2 Å². The molecule has 0 bridgehead atoms. The van der Waals surface area contributed by atoms with E-state index in [-0.39, 0.29) is 31.1 Å². The van der Waals surface area contributed by atoms with Crippen molar-refractivity contribution in [2.75, 3.05) is 23.8 Å². The van der Waals surface area contributed by atoms with E-state index in [1.807, 2.05) is 18.2 Å². The van der Waals surface area contributed by atoms with Crippen LogP contribution in [0.25, 0.3) is 0 Å². The lowest BCUT2D eigenvalue weighted by Gasteiger charge is -2.18. The van der Waals surface area contributed by atoms with Crippen LogP contribution in [0, 0.1) is 0 Å².